The predicted octanol–water partition coefficient (Wildman–Crippen LogP) is 3.29. The summed E-state index contributed by atoms with van der Waals surface area (Å²) in [6.07, 6.45) is 3.03. The van der Waals surface area contributed by atoms with Crippen LogP contribution < -0.4 is 10.9 Å². The summed E-state index contributed by atoms with van der Waals surface area (Å²) in [5.41, 5.74) is 5.61. The molecule has 0 fully saturated rings. The van der Waals surface area contributed by atoms with Gasteiger partial charge in [0.2, 0.25) is 5.91 Å². The van der Waals surface area contributed by atoms with E-state index in [1.165, 1.54) is 17.8 Å². The Hall–Kier alpha value is -2.24. The van der Waals surface area contributed by atoms with E-state index in [0.717, 1.165) is 10.5 Å². The number of carbonyl (C=O) groups is 2. The zero-order valence-corrected chi connectivity index (χ0v) is 13.7. The highest BCUT2D eigenvalue weighted by molar-refractivity contribution is 8.00. The zero-order chi connectivity index (χ0) is 16.5. The van der Waals surface area contributed by atoms with Crippen molar-refractivity contribution in [3.05, 3.63) is 71.3 Å². The molecule has 0 spiro atoms. The fraction of sp³-hybridized carbons (Fsp3) is 0.0588. The Labute approximate surface area is 143 Å². The smallest absolute Gasteiger partial charge is 0.262 e. The highest BCUT2D eigenvalue weighted by Crippen LogP contribution is 2.19. The van der Waals surface area contributed by atoms with Crippen LogP contribution in [0.25, 0.3) is 6.08 Å². The van der Waals surface area contributed by atoms with Gasteiger partial charge in [-0.1, -0.05) is 41.9 Å². The van der Waals surface area contributed by atoms with E-state index < -0.39 is 5.91 Å². The molecule has 0 saturated carbocycles. The molecule has 0 aromatic heterocycles. The van der Waals surface area contributed by atoms with E-state index in [9.17, 15) is 9.59 Å². The molecule has 23 heavy (non-hydrogen) atoms. The van der Waals surface area contributed by atoms with Crippen molar-refractivity contribution in [2.24, 2.45) is 0 Å². The Morgan fingerprint density at radius 3 is 2.39 bits per heavy atom. The number of halogens is 1. The van der Waals surface area contributed by atoms with E-state index in [4.69, 9.17) is 11.6 Å². The van der Waals surface area contributed by atoms with Crippen molar-refractivity contribution in [2.45, 2.75) is 4.90 Å². The maximum atomic E-state index is 11.7. The summed E-state index contributed by atoms with van der Waals surface area (Å²) in [5.74, 6) is -0.477. The number of thioether (sulfide) groups is 1. The monoisotopic (exact) mass is 346 g/mol. The Morgan fingerprint density at radius 2 is 1.70 bits per heavy atom. The molecule has 2 aromatic rings. The third kappa shape index (κ3) is 6.59. The molecule has 2 rings (SSSR count). The number of nitrogens with one attached hydrogen (secondary N) is 2. The summed E-state index contributed by atoms with van der Waals surface area (Å²) < 4.78 is 0. The van der Waals surface area contributed by atoms with Crippen molar-refractivity contribution >= 4 is 41.3 Å². The van der Waals surface area contributed by atoms with Crippen LogP contribution in [0.15, 0.2) is 65.6 Å². The SMILES string of the molecule is O=C(/C=C/c1ccccc1)NNC(=O)CSc1ccc(Cl)cc1. The third-order valence-corrected chi connectivity index (χ3v) is 4.00. The van der Waals surface area contributed by atoms with Gasteiger partial charge in [-0.05, 0) is 35.9 Å². The minimum absolute atomic E-state index is 0.199. The van der Waals surface area contributed by atoms with E-state index in [1.54, 1.807) is 18.2 Å². The predicted molar refractivity (Wildman–Crippen MR) is 93.9 cm³/mol. The maximum Gasteiger partial charge on any atom is 0.262 e. The Balaban J connectivity index is 1.70. The summed E-state index contributed by atoms with van der Waals surface area (Å²) in [4.78, 5) is 24.2. The van der Waals surface area contributed by atoms with Crippen molar-refractivity contribution in [3.63, 3.8) is 0 Å². The van der Waals surface area contributed by atoms with Crippen LogP contribution in [0.3, 0.4) is 0 Å². The Kier molecular flexibility index (Phi) is 6.72. The van der Waals surface area contributed by atoms with Gasteiger partial charge in [-0.2, -0.15) is 0 Å². The molecule has 2 aromatic carbocycles. The fourth-order valence-corrected chi connectivity index (χ4v) is 2.45. The normalized spacial score (nSPS) is 10.5. The number of hydrogen-bond acceptors (Lipinski definition) is 3. The maximum absolute atomic E-state index is 11.7. The van der Waals surface area contributed by atoms with Gasteiger partial charge in [-0.3, -0.25) is 20.4 Å². The van der Waals surface area contributed by atoms with Gasteiger partial charge in [0.25, 0.3) is 5.91 Å². The Morgan fingerprint density at radius 1 is 1.00 bits per heavy atom. The van der Waals surface area contributed by atoms with E-state index >= 15 is 0 Å². The number of benzene rings is 2. The summed E-state index contributed by atoms with van der Waals surface area (Å²) in [6, 6.07) is 16.6. The summed E-state index contributed by atoms with van der Waals surface area (Å²) in [5, 5.41) is 0.649. The van der Waals surface area contributed by atoms with Crippen LogP contribution in [-0.4, -0.2) is 17.6 Å². The van der Waals surface area contributed by atoms with Crippen LogP contribution in [-0.2, 0) is 9.59 Å². The van der Waals surface area contributed by atoms with Gasteiger partial charge in [0.1, 0.15) is 0 Å². The highest BCUT2D eigenvalue weighted by atomic mass is 35.5. The van der Waals surface area contributed by atoms with Gasteiger partial charge in [-0.15, -0.1) is 11.8 Å². The van der Waals surface area contributed by atoms with Gasteiger partial charge >= 0.3 is 0 Å². The lowest BCUT2D eigenvalue weighted by Crippen LogP contribution is -2.41. The molecule has 2 amide bonds. The van der Waals surface area contributed by atoms with E-state index in [2.05, 4.69) is 10.9 Å². The first-order chi connectivity index (χ1) is 11.1. The van der Waals surface area contributed by atoms with Crippen molar-refractivity contribution in [3.8, 4) is 0 Å². The first-order valence-electron chi connectivity index (χ1n) is 6.84. The quantitative estimate of drug-likeness (QED) is 0.496. The third-order valence-electron chi connectivity index (χ3n) is 2.74. The zero-order valence-electron chi connectivity index (χ0n) is 12.2. The van der Waals surface area contributed by atoms with Crippen molar-refractivity contribution in [1.29, 1.82) is 0 Å². The minimum Gasteiger partial charge on any atom is -0.272 e. The summed E-state index contributed by atoms with van der Waals surface area (Å²) in [7, 11) is 0. The number of hydrogen-bond donors (Lipinski definition) is 2. The molecule has 0 bridgehead atoms. The lowest BCUT2D eigenvalue weighted by molar-refractivity contribution is -0.125. The topological polar surface area (TPSA) is 58.2 Å². The molecule has 4 nitrogen and oxygen atoms in total. The molecular formula is C17H15ClN2O2S. The minimum atomic E-state index is -0.390. The molecule has 0 aliphatic rings. The molecule has 0 aliphatic heterocycles. The molecule has 0 atom stereocenters. The van der Waals surface area contributed by atoms with E-state index in [1.807, 2.05) is 42.5 Å². The molecule has 118 valence electrons. The molecule has 0 heterocycles. The number of hydrazine groups is 1. The van der Waals surface area contributed by atoms with Crippen LogP contribution in [0.2, 0.25) is 5.02 Å². The van der Waals surface area contributed by atoms with E-state index in [0.29, 0.717) is 5.02 Å². The molecular weight excluding hydrogens is 332 g/mol. The van der Waals surface area contributed by atoms with Crippen LogP contribution >= 0.6 is 23.4 Å². The van der Waals surface area contributed by atoms with Gasteiger partial charge in [-0.25, -0.2) is 0 Å². The lowest BCUT2D eigenvalue weighted by Gasteiger charge is -2.05. The van der Waals surface area contributed by atoms with Crippen LogP contribution in [0.5, 0.6) is 0 Å². The van der Waals surface area contributed by atoms with Crippen LogP contribution in [0.1, 0.15) is 5.56 Å². The molecule has 0 unspecified atom stereocenters. The first-order valence-corrected chi connectivity index (χ1v) is 8.20. The fourth-order valence-electron chi connectivity index (χ4n) is 1.62. The second-order valence-electron chi connectivity index (χ2n) is 4.52. The second kappa shape index (κ2) is 9.02. The average Bonchev–Trinajstić information content (AvgIpc) is 2.58. The van der Waals surface area contributed by atoms with Gasteiger partial charge in [0.15, 0.2) is 0 Å². The number of amides is 2. The Bertz CT molecular complexity index is 687. The number of carbonyl (C=O) groups excluding carboxylic acids is 2. The van der Waals surface area contributed by atoms with Gasteiger partial charge in [0, 0.05) is 16.0 Å². The lowest BCUT2D eigenvalue weighted by atomic mass is 10.2. The van der Waals surface area contributed by atoms with E-state index in [-0.39, 0.29) is 11.7 Å². The van der Waals surface area contributed by atoms with Crippen molar-refractivity contribution in [2.75, 3.05) is 5.75 Å². The highest BCUT2D eigenvalue weighted by Gasteiger charge is 2.03. The second-order valence-corrected chi connectivity index (χ2v) is 6.01. The molecule has 0 saturated heterocycles. The van der Waals surface area contributed by atoms with Gasteiger partial charge in [0.05, 0.1) is 5.75 Å². The average molecular weight is 347 g/mol. The summed E-state index contributed by atoms with van der Waals surface area (Å²) >= 11 is 7.15. The summed E-state index contributed by atoms with van der Waals surface area (Å²) in [6.45, 7) is 0. The molecule has 6 heteroatoms. The largest absolute Gasteiger partial charge is 0.272 e. The standard InChI is InChI=1S/C17H15ClN2O2S/c18-14-7-9-15(10-8-14)23-12-17(22)20-19-16(21)11-6-13-4-2-1-3-5-13/h1-11H,12H2,(H,19,21)(H,20,22)/b11-6+. The van der Waals surface area contributed by atoms with Gasteiger partial charge < -0.3 is 0 Å². The number of rotatable bonds is 5. The van der Waals surface area contributed by atoms with Crippen molar-refractivity contribution in [1.82, 2.24) is 10.9 Å². The first kappa shape index (κ1) is 17.1. The molecule has 0 aliphatic carbocycles. The van der Waals surface area contributed by atoms with Crippen LogP contribution in [0, 0.1) is 0 Å². The molecule has 2 N–H and O–H groups in total. The molecule has 0 radical (unpaired) electrons. The van der Waals surface area contributed by atoms with Crippen LogP contribution in [0.4, 0.5) is 0 Å². The van der Waals surface area contributed by atoms with Crippen molar-refractivity contribution < 1.29 is 9.59 Å².